The molecule has 0 aliphatic heterocycles. The highest BCUT2D eigenvalue weighted by atomic mass is 32.1. The highest BCUT2D eigenvalue weighted by Gasteiger charge is 2.07. The van der Waals surface area contributed by atoms with Crippen LogP contribution in [0.3, 0.4) is 0 Å². The van der Waals surface area contributed by atoms with Crippen molar-refractivity contribution in [1.82, 2.24) is 20.0 Å². The lowest BCUT2D eigenvalue weighted by atomic mass is 10.2. The van der Waals surface area contributed by atoms with Crippen molar-refractivity contribution in [3.8, 4) is 11.4 Å². The lowest BCUT2D eigenvalue weighted by Gasteiger charge is -2.11. The van der Waals surface area contributed by atoms with Crippen molar-refractivity contribution in [1.29, 1.82) is 0 Å². The fraction of sp³-hybridized carbons (Fsp3) is 0.0909. The number of benzene rings is 1. The van der Waals surface area contributed by atoms with Crippen molar-refractivity contribution < 1.29 is 10.0 Å². The standard InChI is InChI=1S/C11H11N5O2S2/c1-16(18)11(17)12-7-4-2-3-6(5-7)8-13-9(19)15-10(20)14-8/h2-5,18H,1H3,(H,12,17)(H2,13,14,15,19,20). The summed E-state index contributed by atoms with van der Waals surface area (Å²) in [4.78, 5) is 21.1. The number of urea groups is 1. The van der Waals surface area contributed by atoms with Gasteiger partial charge in [-0.25, -0.2) is 14.8 Å². The van der Waals surface area contributed by atoms with Crippen LogP contribution in [0.5, 0.6) is 0 Å². The third kappa shape index (κ3) is 3.47. The van der Waals surface area contributed by atoms with Crippen LogP contribution in [0, 0.1) is 9.54 Å². The molecule has 9 heteroatoms. The molecule has 20 heavy (non-hydrogen) atoms. The van der Waals surface area contributed by atoms with Crippen molar-refractivity contribution in [3.63, 3.8) is 0 Å². The van der Waals surface area contributed by atoms with Gasteiger partial charge in [0.25, 0.3) is 0 Å². The second-order valence-corrected chi connectivity index (χ2v) is 4.67. The molecule has 7 nitrogen and oxygen atoms in total. The molecule has 0 saturated carbocycles. The highest BCUT2D eigenvalue weighted by molar-refractivity contribution is 7.71. The molecule has 0 spiro atoms. The molecule has 0 saturated heterocycles. The van der Waals surface area contributed by atoms with Gasteiger partial charge in [0.15, 0.2) is 4.77 Å². The van der Waals surface area contributed by atoms with Crippen molar-refractivity contribution in [2.24, 2.45) is 0 Å². The lowest BCUT2D eigenvalue weighted by molar-refractivity contribution is -0.0118. The summed E-state index contributed by atoms with van der Waals surface area (Å²) in [6.07, 6.45) is 0. The summed E-state index contributed by atoms with van der Waals surface area (Å²) < 4.78 is 0.637. The number of aromatic amines is 2. The molecule has 104 valence electrons. The Balaban J connectivity index is 2.36. The molecule has 0 aliphatic carbocycles. The number of aromatic nitrogens is 3. The number of nitrogens with zero attached hydrogens (tertiary/aromatic N) is 2. The Labute approximate surface area is 124 Å². The van der Waals surface area contributed by atoms with Gasteiger partial charge < -0.3 is 15.3 Å². The summed E-state index contributed by atoms with van der Waals surface area (Å²) in [5, 5.41) is 12.0. The number of hydrogen-bond donors (Lipinski definition) is 4. The fourth-order valence-corrected chi connectivity index (χ4v) is 1.93. The molecule has 1 aromatic carbocycles. The Hall–Kier alpha value is -2.10. The molecule has 2 aromatic rings. The summed E-state index contributed by atoms with van der Waals surface area (Å²) in [6, 6.07) is 6.25. The van der Waals surface area contributed by atoms with Gasteiger partial charge in [0.2, 0.25) is 4.77 Å². The minimum Gasteiger partial charge on any atom is -0.317 e. The molecule has 0 atom stereocenters. The third-order valence-electron chi connectivity index (χ3n) is 2.35. The number of hydrogen-bond acceptors (Lipinski definition) is 5. The van der Waals surface area contributed by atoms with Gasteiger partial charge in [-0.1, -0.05) is 12.1 Å². The quantitative estimate of drug-likeness (QED) is 0.388. The van der Waals surface area contributed by atoms with Crippen LogP contribution < -0.4 is 5.32 Å². The molecule has 0 aliphatic rings. The van der Waals surface area contributed by atoms with Gasteiger partial charge in [-0.3, -0.25) is 5.21 Å². The Morgan fingerprint density at radius 3 is 2.80 bits per heavy atom. The van der Waals surface area contributed by atoms with Gasteiger partial charge in [0.05, 0.1) is 0 Å². The third-order valence-corrected chi connectivity index (χ3v) is 2.74. The Morgan fingerprint density at radius 2 is 2.15 bits per heavy atom. The van der Waals surface area contributed by atoms with Crippen LogP contribution in [-0.2, 0) is 0 Å². The van der Waals surface area contributed by atoms with Crippen LogP contribution in [0.4, 0.5) is 10.5 Å². The molecule has 2 amide bonds. The largest absolute Gasteiger partial charge is 0.345 e. The van der Waals surface area contributed by atoms with Gasteiger partial charge >= 0.3 is 6.03 Å². The smallest absolute Gasteiger partial charge is 0.317 e. The minimum atomic E-state index is -0.645. The number of amides is 2. The molecular weight excluding hydrogens is 298 g/mol. The lowest BCUT2D eigenvalue weighted by Crippen LogP contribution is -2.27. The van der Waals surface area contributed by atoms with E-state index in [2.05, 4.69) is 20.3 Å². The molecule has 1 heterocycles. The van der Waals surface area contributed by atoms with Crippen LogP contribution in [0.1, 0.15) is 0 Å². The SMILES string of the molecule is CN(O)C(=O)Nc1cccc(-c2nc(=S)[nH]c(=S)[nH]2)c1. The van der Waals surface area contributed by atoms with Gasteiger partial charge in [-0.2, -0.15) is 0 Å². The average molecular weight is 309 g/mol. The predicted octanol–water partition coefficient (Wildman–Crippen LogP) is 2.72. The Kier molecular flexibility index (Phi) is 4.23. The summed E-state index contributed by atoms with van der Waals surface area (Å²) in [5.74, 6) is 0.493. The van der Waals surface area contributed by atoms with Gasteiger partial charge in [0, 0.05) is 18.3 Å². The first-order valence-corrected chi connectivity index (χ1v) is 6.32. The van der Waals surface area contributed by atoms with Gasteiger partial charge in [-0.05, 0) is 36.6 Å². The number of carbonyl (C=O) groups is 1. The number of nitrogens with one attached hydrogen (secondary N) is 3. The van der Waals surface area contributed by atoms with Crippen molar-refractivity contribution in [2.45, 2.75) is 0 Å². The molecule has 4 N–H and O–H groups in total. The molecular formula is C11H11N5O2S2. The van der Waals surface area contributed by atoms with Crippen LogP contribution in [0.15, 0.2) is 24.3 Å². The maximum atomic E-state index is 11.4. The summed E-state index contributed by atoms with van der Waals surface area (Å²) in [6.45, 7) is 0. The zero-order chi connectivity index (χ0) is 14.7. The van der Waals surface area contributed by atoms with Crippen LogP contribution in [-0.4, -0.2) is 38.3 Å². The van der Waals surface area contributed by atoms with Crippen LogP contribution >= 0.6 is 24.4 Å². The number of H-pyrrole nitrogens is 2. The first kappa shape index (κ1) is 14.3. The summed E-state index contributed by atoms with van der Waals surface area (Å²) in [5.41, 5.74) is 1.21. The topological polar surface area (TPSA) is 97.0 Å². The molecule has 1 aromatic heterocycles. The average Bonchev–Trinajstić information content (AvgIpc) is 2.37. The summed E-state index contributed by atoms with van der Waals surface area (Å²) in [7, 11) is 1.23. The van der Waals surface area contributed by atoms with E-state index in [4.69, 9.17) is 29.6 Å². The van der Waals surface area contributed by atoms with Gasteiger partial charge in [-0.15, -0.1) is 0 Å². The second kappa shape index (κ2) is 5.90. The van der Waals surface area contributed by atoms with E-state index in [0.717, 1.165) is 0 Å². The van der Waals surface area contributed by atoms with Crippen LogP contribution in [0.2, 0.25) is 0 Å². The second-order valence-electron chi connectivity index (χ2n) is 3.88. The van der Waals surface area contributed by atoms with E-state index in [1.54, 1.807) is 24.3 Å². The monoisotopic (exact) mass is 309 g/mol. The van der Waals surface area contributed by atoms with Gasteiger partial charge in [0.1, 0.15) is 5.82 Å². The van der Waals surface area contributed by atoms with E-state index in [1.165, 1.54) is 7.05 Å². The molecule has 0 bridgehead atoms. The zero-order valence-electron chi connectivity index (χ0n) is 10.4. The Bertz CT molecular complexity index is 724. The molecule has 0 radical (unpaired) electrons. The number of anilines is 1. The van der Waals surface area contributed by atoms with E-state index in [9.17, 15) is 4.79 Å². The maximum Gasteiger partial charge on any atom is 0.345 e. The maximum absolute atomic E-state index is 11.4. The highest BCUT2D eigenvalue weighted by Crippen LogP contribution is 2.19. The van der Waals surface area contributed by atoms with Crippen molar-refractivity contribution in [2.75, 3.05) is 12.4 Å². The molecule has 0 unspecified atom stereocenters. The van der Waals surface area contributed by atoms with Crippen molar-refractivity contribution >= 4 is 36.2 Å². The van der Waals surface area contributed by atoms with E-state index in [0.29, 0.717) is 26.9 Å². The minimum absolute atomic E-state index is 0.272. The van der Waals surface area contributed by atoms with Crippen molar-refractivity contribution in [3.05, 3.63) is 33.8 Å². The normalized spacial score (nSPS) is 10.1. The van der Waals surface area contributed by atoms with E-state index in [1.807, 2.05) is 0 Å². The van der Waals surface area contributed by atoms with E-state index >= 15 is 0 Å². The number of hydroxylamine groups is 2. The molecule has 0 fully saturated rings. The Morgan fingerprint density at radius 1 is 1.40 bits per heavy atom. The van der Waals surface area contributed by atoms with E-state index in [-0.39, 0.29) is 4.77 Å². The predicted molar refractivity (Wildman–Crippen MR) is 78.6 cm³/mol. The summed E-state index contributed by atoms with van der Waals surface area (Å²) >= 11 is 9.96. The number of carbonyl (C=O) groups excluding carboxylic acids is 1. The molecule has 2 rings (SSSR count). The first-order valence-electron chi connectivity index (χ1n) is 5.50. The zero-order valence-corrected chi connectivity index (χ0v) is 12.0. The number of rotatable bonds is 2. The van der Waals surface area contributed by atoms with E-state index < -0.39 is 6.03 Å². The van der Waals surface area contributed by atoms with Crippen LogP contribution in [0.25, 0.3) is 11.4 Å². The first-order chi connectivity index (χ1) is 9.45. The fourth-order valence-electron chi connectivity index (χ4n) is 1.48.